The molecule has 2 aromatic rings. The fourth-order valence-corrected chi connectivity index (χ4v) is 2.05. The van der Waals surface area contributed by atoms with Crippen LogP contribution in [0.5, 0.6) is 0 Å². The highest BCUT2D eigenvalue weighted by atomic mass is 16.3. The van der Waals surface area contributed by atoms with E-state index < -0.39 is 0 Å². The van der Waals surface area contributed by atoms with Gasteiger partial charge in [-0.2, -0.15) is 0 Å². The van der Waals surface area contributed by atoms with Crippen LogP contribution in [0.25, 0.3) is 11.0 Å². The van der Waals surface area contributed by atoms with Crippen molar-refractivity contribution in [3.63, 3.8) is 0 Å². The Morgan fingerprint density at radius 3 is 2.83 bits per heavy atom. The Labute approximate surface area is 107 Å². The largest absolute Gasteiger partial charge is 0.395 e. The van der Waals surface area contributed by atoms with Gasteiger partial charge in [-0.25, -0.2) is 4.98 Å². The molecule has 4 nitrogen and oxygen atoms in total. The maximum absolute atomic E-state index is 9.27. The summed E-state index contributed by atoms with van der Waals surface area (Å²) in [4.78, 5) is 7.61. The van der Waals surface area contributed by atoms with E-state index in [1.165, 1.54) is 5.56 Å². The number of aromatic amines is 1. The van der Waals surface area contributed by atoms with Crippen LogP contribution in [-0.4, -0.2) is 27.7 Å². The highest BCUT2D eigenvalue weighted by molar-refractivity contribution is 5.75. The third-order valence-electron chi connectivity index (χ3n) is 3.23. The van der Waals surface area contributed by atoms with Crippen molar-refractivity contribution in [2.24, 2.45) is 5.92 Å². The zero-order valence-electron chi connectivity index (χ0n) is 11.2. The molecule has 0 spiro atoms. The number of hydrogen-bond donors (Lipinski definition) is 3. The van der Waals surface area contributed by atoms with E-state index in [0.29, 0.717) is 5.92 Å². The van der Waals surface area contributed by atoms with Crippen LogP contribution in [0.1, 0.15) is 25.2 Å². The van der Waals surface area contributed by atoms with Crippen molar-refractivity contribution in [2.75, 3.05) is 6.61 Å². The Hall–Kier alpha value is -1.39. The molecule has 1 atom stereocenters. The predicted octanol–water partition coefficient (Wildman–Crippen LogP) is 1.98. The summed E-state index contributed by atoms with van der Waals surface area (Å²) in [6.45, 7) is 7.10. The Kier molecular flexibility index (Phi) is 3.99. The molecule has 3 N–H and O–H groups in total. The SMILES string of the molecule is Cc1nc2ccc(CNC(CO)C(C)C)cc2[nH]1. The number of aromatic nitrogens is 2. The van der Waals surface area contributed by atoms with Gasteiger partial charge in [-0.15, -0.1) is 0 Å². The second-order valence-corrected chi connectivity index (χ2v) is 5.09. The van der Waals surface area contributed by atoms with Gasteiger partial charge in [-0.05, 0) is 30.5 Å². The predicted molar refractivity (Wildman–Crippen MR) is 73.4 cm³/mol. The van der Waals surface area contributed by atoms with Gasteiger partial charge in [0.25, 0.3) is 0 Å². The van der Waals surface area contributed by atoms with Crippen molar-refractivity contribution in [3.8, 4) is 0 Å². The molecule has 0 fully saturated rings. The van der Waals surface area contributed by atoms with E-state index in [9.17, 15) is 5.11 Å². The van der Waals surface area contributed by atoms with Crippen LogP contribution in [0.3, 0.4) is 0 Å². The van der Waals surface area contributed by atoms with Gasteiger partial charge in [0.05, 0.1) is 17.6 Å². The Morgan fingerprint density at radius 2 is 2.17 bits per heavy atom. The first-order valence-corrected chi connectivity index (χ1v) is 6.39. The van der Waals surface area contributed by atoms with Crippen LogP contribution in [0.4, 0.5) is 0 Å². The van der Waals surface area contributed by atoms with E-state index in [1.807, 2.05) is 13.0 Å². The Morgan fingerprint density at radius 1 is 1.39 bits per heavy atom. The Bertz CT molecular complexity index is 519. The highest BCUT2D eigenvalue weighted by Gasteiger charge is 2.11. The van der Waals surface area contributed by atoms with E-state index in [2.05, 4.69) is 41.3 Å². The summed E-state index contributed by atoms with van der Waals surface area (Å²) in [5.74, 6) is 1.36. The lowest BCUT2D eigenvalue weighted by Crippen LogP contribution is -2.36. The van der Waals surface area contributed by atoms with Gasteiger partial charge < -0.3 is 15.4 Å². The number of aliphatic hydroxyl groups is 1. The van der Waals surface area contributed by atoms with Crippen LogP contribution in [0, 0.1) is 12.8 Å². The first-order chi connectivity index (χ1) is 8.60. The number of aliphatic hydroxyl groups excluding tert-OH is 1. The maximum atomic E-state index is 9.27. The van der Waals surface area contributed by atoms with E-state index in [4.69, 9.17) is 0 Å². The summed E-state index contributed by atoms with van der Waals surface area (Å²) in [5.41, 5.74) is 3.26. The molecule has 0 saturated heterocycles. The molecule has 1 aromatic carbocycles. The lowest BCUT2D eigenvalue weighted by atomic mass is 10.1. The van der Waals surface area contributed by atoms with Crippen molar-refractivity contribution in [1.29, 1.82) is 0 Å². The smallest absolute Gasteiger partial charge is 0.104 e. The van der Waals surface area contributed by atoms with Gasteiger partial charge in [-0.3, -0.25) is 0 Å². The number of fused-ring (bicyclic) bond motifs is 1. The summed E-state index contributed by atoms with van der Waals surface area (Å²) in [5, 5.41) is 12.6. The summed E-state index contributed by atoms with van der Waals surface area (Å²) < 4.78 is 0. The molecule has 0 saturated carbocycles. The molecule has 1 aromatic heterocycles. The topological polar surface area (TPSA) is 60.9 Å². The maximum Gasteiger partial charge on any atom is 0.104 e. The first kappa shape index (κ1) is 13.1. The second kappa shape index (κ2) is 5.50. The van der Waals surface area contributed by atoms with Gasteiger partial charge in [0, 0.05) is 12.6 Å². The second-order valence-electron chi connectivity index (χ2n) is 5.09. The van der Waals surface area contributed by atoms with E-state index >= 15 is 0 Å². The number of aryl methyl sites for hydroxylation is 1. The van der Waals surface area contributed by atoms with Gasteiger partial charge in [-0.1, -0.05) is 19.9 Å². The van der Waals surface area contributed by atoms with E-state index in [0.717, 1.165) is 23.4 Å². The summed E-state index contributed by atoms with van der Waals surface area (Å²) in [7, 11) is 0. The normalized spacial score (nSPS) is 13.4. The quantitative estimate of drug-likeness (QED) is 0.757. The molecule has 4 heteroatoms. The van der Waals surface area contributed by atoms with Crippen LogP contribution in [-0.2, 0) is 6.54 Å². The number of hydrogen-bond acceptors (Lipinski definition) is 3. The first-order valence-electron chi connectivity index (χ1n) is 6.39. The zero-order valence-corrected chi connectivity index (χ0v) is 11.2. The monoisotopic (exact) mass is 247 g/mol. The number of nitrogens with zero attached hydrogens (tertiary/aromatic N) is 1. The Balaban J connectivity index is 2.07. The molecular formula is C14H21N3O. The van der Waals surface area contributed by atoms with Crippen LogP contribution in [0.15, 0.2) is 18.2 Å². The molecule has 98 valence electrons. The minimum absolute atomic E-state index is 0.143. The molecule has 0 aliphatic heterocycles. The molecule has 0 aliphatic carbocycles. The molecule has 18 heavy (non-hydrogen) atoms. The fourth-order valence-electron chi connectivity index (χ4n) is 2.05. The third kappa shape index (κ3) is 2.89. The third-order valence-corrected chi connectivity index (χ3v) is 3.23. The highest BCUT2D eigenvalue weighted by Crippen LogP contribution is 2.14. The molecule has 0 radical (unpaired) electrons. The summed E-state index contributed by atoms with van der Waals surface area (Å²) in [6.07, 6.45) is 0. The molecular weight excluding hydrogens is 226 g/mol. The summed E-state index contributed by atoms with van der Waals surface area (Å²) in [6, 6.07) is 6.35. The molecule has 0 bridgehead atoms. The van der Waals surface area contributed by atoms with Crippen LogP contribution >= 0.6 is 0 Å². The van der Waals surface area contributed by atoms with E-state index in [-0.39, 0.29) is 12.6 Å². The standard InChI is InChI=1S/C14H21N3O/c1-9(2)14(8-18)15-7-11-4-5-12-13(6-11)17-10(3)16-12/h4-6,9,14-15,18H,7-8H2,1-3H3,(H,16,17). The number of nitrogens with one attached hydrogen (secondary N) is 2. The number of rotatable bonds is 5. The van der Waals surface area contributed by atoms with E-state index in [1.54, 1.807) is 0 Å². The number of imidazole rings is 1. The van der Waals surface area contributed by atoms with Crippen molar-refractivity contribution >= 4 is 11.0 Å². The van der Waals surface area contributed by atoms with Crippen LogP contribution < -0.4 is 5.32 Å². The van der Waals surface area contributed by atoms with Crippen LogP contribution in [0.2, 0.25) is 0 Å². The zero-order chi connectivity index (χ0) is 13.1. The number of H-pyrrole nitrogens is 1. The molecule has 1 unspecified atom stereocenters. The molecule has 0 amide bonds. The van der Waals surface area contributed by atoms with Gasteiger partial charge in [0.1, 0.15) is 5.82 Å². The average Bonchev–Trinajstić information content (AvgIpc) is 2.68. The van der Waals surface area contributed by atoms with Crippen molar-refractivity contribution < 1.29 is 5.11 Å². The lowest BCUT2D eigenvalue weighted by molar-refractivity contribution is 0.210. The van der Waals surface area contributed by atoms with Gasteiger partial charge in [0.15, 0.2) is 0 Å². The van der Waals surface area contributed by atoms with Crippen molar-refractivity contribution in [2.45, 2.75) is 33.4 Å². The molecule has 0 aliphatic rings. The average molecular weight is 247 g/mol. The van der Waals surface area contributed by atoms with Gasteiger partial charge in [0.2, 0.25) is 0 Å². The fraction of sp³-hybridized carbons (Fsp3) is 0.500. The van der Waals surface area contributed by atoms with Gasteiger partial charge >= 0.3 is 0 Å². The number of benzene rings is 1. The van der Waals surface area contributed by atoms with Crippen molar-refractivity contribution in [3.05, 3.63) is 29.6 Å². The van der Waals surface area contributed by atoms with Crippen molar-refractivity contribution in [1.82, 2.24) is 15.3 Å². The lowest BCUT2D eigenvalue weighted by Gasteiger charge is -2.19. The molecule has 2 rings (SSSR count). The summed E-state index contributed by atoms with van der Waals surface area (Å²) >= 11 is 0. The minimum Gasteiger partial charge on any atom is -0.395 e. The minimum atomic E-state index is 0.143. The molecule has 1 heterocycles.